The summed E-state index contributed by atoms with van der Waals surface area (Å²) in [5, 5.41) is 3.82. The molecule has 0 spiro atoms. The van der Waals surface area contributed by atoms with Crippen LogP contribution < -0.4 is 16.8 Å². The Morgan fingerprint density at radius 1 is 0.366 bits per heavy atom. The van der Waals surface area contributed by atoms with Crippen LogP contribution in [0.15, 0.2) is 72.8 Å². The van der Waals surface area contributed by atoms with E-state index >= 15 is 0 Å². The van der Waals surface area contributed by atoms with Gasteiger partial charge in [-0.3, -0.25) is 0 Å². The van der Waals surface area contributed by atoms with Crippen LogP contribution in [0.2, 0.25) is 0 Å². The fraction of sp³-hybridized carbons (Fsp3) is 0.211. The summed E-state index contributed by atoms with van der Waals surface area (Å²) in [4.78, 5) is 0. The molecule has 0 aromatic heterocycles. The largest absolute Gasteiger partial charge is 0.398 e. The monoisotopic (exact) mass is 539 g/mol. The van der Waals surface area contributed by atoms with Crippen LogP contribution in [0.4, 0.5) is 22.7 Å². The molecule has 0 heterocycles. The number of benzene rings is 5. The van der Waals surface area contributed by atoms with Gasteiger partial charge in [-0.2, -0.15) is 0 Å². The van der Waals surface area contributed by atoms with E-state index in [4.69, 9.17) is 11.5 Å². The molecule has 3 nitrogen and oxygen atoms in total. The summed E-state index contributed by atoms with van der Waals surface area (Å²) in [5.74, 6) is 0. The Labute approximate surface area is 245 Å². The Balaban J connectivity index is 1.98. The molecule has 0 saturated heterocycles. The van der Waals surface area contributed by atoms with Gasteiger partial charge in [0.25, 0.3) is 0 Å². The van der Waals surface area contributed by atoms with Crippen molar-refractivity contribution in [1.82, 2.24) is 0 Å². The maximum atomic E-state index is 7.25. The van der Waals surface area contributed by atoms with Crippen LogP contribution in [0, 0.1) is 55.4 Å². The molecule has 41 heavy (non-hydrogen) atoms. The Morgan fingerprint density at radius 2 is 0.634 bits per heavy atom. The average molecular weight is 540 g/mol. The van der Waals surface area contributed by atoms with Crippen molar-refractivity contribution >= 4 is 22.7 Å². The highest BCUT2D eigenvalue weighted by atomic mass is 14.9. The summed E-state index contributed by atoms with van der Waals surface area (Å²) in [5.41, 5.74) is 33.3. The molecule has 0 aliphatic rings. The fourth-order valence-electron chi connectivity index (χ4n) is 6.37. The Kier molecular flexibility index (Phi) is 7.40. The Morgan fingerprint density at radius 3 is 0.951 bits per heavy atom. The number of nitrogen functional groups attached to an aromatic ring is 2. The van der Waals surface area contributed by atoms with Gasteiger partial charge in [-0.25, -0.2) is 0 Å². The lowest BCUT2D eigenvalue weighted by Crippen LogP contribution is -2.08. The molecule has 0 aliphatic carbocycles. The number of hydrogen-bond donors (Lipinski definition) is 3. The molecule has 0 amide bonds. The van der Waals surface area contributed by atoms with Gasteiger partial charge in [-0.05, 0) is 95.3 Å². The zero-order valence-electron chi connectivity index (χ0n) is 25.6. The third-order valence-corrected chi connectivity index (χ3v) is 7.60. The maximum absolute atomic E-state index is 7.25. The van der Waals surface area contributed by atoms with Crippen molar-refractivity contribution in [3.63, 3.8) is 0 Å². The summed E-state index contributed by atoms with van der Waals surface area (Å²) in [6, 6.07) is 26.4. The normalized spacial score (nSPS) is 11.1. The van der Waals surface area contributed by atoms with Gasteiger partial charge in [0.2, 0.25) is 0 Å². The SMILES string of the molecule is Cc1cc(C)cc(Nc2c(-c3cc(C)cc(C)c3)c(N)c(-c3cc(C)cc(C)c3)c(N)c2-c2cc(C)cc(C)c2)c1. The lowest BCUT2D eigenvalue weighted by atomic mass is 9.85. The molecule has 0 radical (unpaired) electrons. The number of hydrogen-bond acceptors (Lipinski definition) is 3. The van der Waals surface area contributed by atoms with Crippen LogP contribution in [0.5, 0.6) is 0 Å². The lowest BCUT2D eigenvalue weighted by molar-refractivity contribution is 1.36. The van der Waals surface area contributed by atoms with Crippen molar-refractivity contribution in [2.45, 2.75) is 55.4 Å². The van der Waals surface area contributed by atoms with Crippen LogP contribution in [0.3, 0.4) is 0 Å². The highest BCUT2D eigenvalue weighted by Crippen LogP contribution is 2.52. The van der Waals surface area contributed by atoms with E-state index in [0.717, 1.165) is 44.8 Å². The minimum Gasteiger partial charge on any atom is -0.398 e. The minimum absolute atomic E-state index is 0.678. The summed E-state index contributed by atoms with van der Waals surface area (Å²) < 4.78 is 0. The van der Waals surface area contributed by atoms with Crippen LogP contribution in [0.1, 0.15) is 44.5 Å². The van der Waals surface area contributed by atoms with Crippen molar-refractivity contribution in [2.24, 2.45) is 0 Å². The molecule has 5 rings (SSSR count). The van der Waals surface area contributed by atoms with Gasteiger partial charge in [0, 0.05) is 22.4 Å². The van der Waals surface area contributed by atoms with Gasteiger partial charge < -0.3 is 16.8 Å². The number of nitrogens with two attached hydrogens (primary N) is 2. The number of rotatable bonds is 5. The van der Waals surface area contributed by atoms with E-state index in [1.165, 1.54) is 44.5 Å². The van der Waals surface area contributed by atoms with Crippen LogP contribution in [0.25, 0.3) is 33.4 Å². The molecule has 0 unspecified atom stereocenters. The summed E-state index contributed by atoms with van der Waals surface area (Å²) >= 11 is 0. The highest BCUT2D eigenvalue weighted by Gasteiger charge is 2.25. The van der Waals surface area contributed by atoms with E-state index in [1.807, 2.05) is 0 Å². The molecule has 5 aromatic rings. The van der Waals surface area contributed by atoms with E-state index in [1.54, 1.807) is 0 Å². The molecule has 0 atom stereocenters. The van der Waals surface area contributed by atoms with Crippen molar-refractivity contribution in [3.8, 4) is 33.4 Å². The second-order valence-corrected chi connectivity index (χ2v) is 12.0. The molecule has 0 aliphatic heterocycles. The number of aryl methyl sites for hydroxylation is 8. The molecule has 5 N–H and O–H groups in total. The van der Waals surface area contributed by atoms with Gasteiger partial charge >= 0.3 is 0 Å². The predicted octanol–water partition coefficient (Wildman–Crippen LogP) is 10.1. The quantitative estimate of drug-likeness (QED) is 0.195. The third-order valence-electron chi connectivity index (χ3n) is 7.60. The van der Waals surface area contributed by atoms with E-state index in [0.29, 0.717) is 11.4 Å². The number of nitrogens with one attached hydrogen (secondary N) is 1. The van der Waals surface area contributed by atoms with Gasteiger partial charge in [0.05, 0.1) is 17.1 Å². The third kappa shape index (κ3) is 5.71. The first-order chi connectivity index (χ1) is 19.4. The van der Waals surface area contributed by atoms with Gasteiger partial charge in [-0.1, -0.05) is 94.0 Å². The van der Waals surface area contributed by atoms with Crippen molar-refractivity contribution < 1.29 is 0 Å². The smallest absolute Gasteiger partial charge is 0.0585 e. The first-order valence-corrected chi connectivity index (χ1v) is 14.3. The van der Waals surface area contributed by atoms with E-state index < -0.39 is 0 Å². The lowest BCUT2D eigenvalue weighted by Gasteiger charge is -2.26. The minimum atomic E-state index is 0.678. The standard InChI is InChI=1S/C38H41N3/c1-21-9-22(2)14-29(13-21)33-36(39)34(30-15-23(3)10-24(4)16-30)38(41-32-19-27(7)12-28(8)20-32)35(37(33)40)31-17-25(5)11-26(6)18-31/h9-20,41H,39-40H2,1-8H3. The molecular formula is C38H41N3. The van der Waals surface area contributed by atoms with Gasteiger partial charge in [0.1, 0.15) is 0 Å². The second kappa shape index (κ2) is 10.8. The zero-order chi connectivity index (χ0) is 29.6. The van der Waals surface area contributed by atoms with Crippen LogP contribution in [-0.2, 0) is 0 Å². The predicted molar refractivity (Wildman–Crippen MR) is 179 cm³/mol. The summed E-state index contributed by atoms with van der Waals surface area (Å²) in [6.07, 6.45) is 0. The summed E-state index contributed by atoms with van der Waals surface area (Å²) in [7, 11) is 0. The van der Waals surface area contributed by atoms with E-state index in [-0.39, 0.29) is 0 Å². The first-order valence-electron chi connectivity index (χ1n) is 14.3. The maximum Gasteiger partial charge on any atom is 0.0585 e. The highest BCUT2D eigenvalue weighted by molar-refractivity contribution is 6.11. The van der Waals surface area contributed by atoms with Crippen molar-refractivity contribution in [1.29, 1.82) is 0 Å². The first kappa shape index (κ1) is 28.0. The van der Waals surface area contributed by atoms with Gasteiger partial charge in [-0.15, -0.1) is 0 Å². The van der Waals surface area contributed by atoms with E-state index in [9.17, 15) is 0 Å². The topological polar surface area (TPSA) is 64.1 Å². The van der Waals surface area contributed by atoms with Crippen molar-refractivity contribution in [2.75, 3.05) is 16.8 Å². The van der Waals surface area contributed by atoms with Gasteiger partial charge in [0.15, 0.2) is 0 Å². The second-order valence-electron chi connectivity index (χ2n) is 12.0. The van der Waals surface area contributed by atoms with Crippen molar-refractivity contribution in [3.05, 3.63) is 117 Å². The number of anilines is 4. The van der Waals surface area contributed by atoms with Crippen LogP contribution >= 0.6 is 0 Å². The summed E-state index contributed by atoms with van der Waals surface area (Å²) in [6.45, 7) is 17.0. The molecule has 0 bridgehead atoms. The fourth-order valence-corrected chi connectivity index (χ4v) is 6.37. The van der Waals surface area contributed by atoms with Crippen LogP contribution in [-0.4, -0.2) is 0 Å². The molecule has 3 heteroatoms. The molecular weight excluding hydrogens is 498 g/mol. The average Bonchev–Trinajstić information content (AvgIpc) is 2.81. The Hall–Kier alpha value is -4.50. The molecule has 0 saturated carbocycles. The van der Waals surface area contributed by atoms with E-state index in [2.05, 4.69) is 134 Å². The zero-order valence-corrected chi connectivity index (χ0v) is 25.6. The molecule has 5 aromatic carbocycles. The molecule has 0 fully saturated rings. The Bertz CT molecular complexity index is 1650. The molecule has 208 valence electrons.